The number of carbonyl (C=O) groups excluding carboxylic acids is 1. The number of carbonyl (C=O) groups is 2. The van der Waals surface area contributed by atoms with Gasteiger partial charge in [-0.15, -0.1) is 0 Å². The van der Waals surface area contributed by atoms with E-state index in [1.165, 1.54) is 19.2 Å². The molecule has 0 aliphatic carbocycles. The monoisotopic (exact) mass is 400 g/mol. The molecule has 0 spiro atoms. The fraction of sp³-hybridized carbons (Fsp3) is 0.368. The maximum absolute atomic E-state index is 12.7. The highest BCUT2D eigenvalue weighted by Crippen LogP contribution is 2.36. The van der Waals surface area contributed by atoms with Crippen LogP contribution in [0.1, 0.15) is 23.7 Å². The van der Waals surface area contributed by atoms with E-state index >= 15 is 0 Å². The molecule has 1 unspecified atom stereocenters. The van der Waals surface area contributed by atoms with E-state index in [1.54, 1.807) is 24.2 Å². The van der Waals surface area contributed by atoms with Crippen molar-refractivity contribution in [3.8, 4) is 5.75 Å². The minimum atomic E-state index is -1.04. The van der Waals surface area contributed by atoms with Gasteiger partial charge < -0.3 is 20.1 Å². The van der Waals surface area contributed by atoms with E-state index in [-0.39, 0.29) is 17.5 Å². The number of rotatable bonds is 6. The quantitative estimate of drug-likeness (QED) is 0.751. The molecule has 154 valence electrons. The van der Waals surface area contributed by atoms with Gasteiger partial charge in [0.2, 0.25) is 5.95 Å². The first-order chi connectivity index (χ1) is 13.8. The Morgan fingerprint density at radius 2 is 2.10 bits per heavy atom. The van der Waals surface area contributed by atoms with Crippen molar-refractivity contribution in [2.75, 3.05) is 43.5 Å². The van der Waals surface area contributed by atoms with Gasteiger partial charge in [-0.1, -0.05) is 6.92 Å². The first-order valence-corrected chi connectivity index (χ1v) is 9.07. The van der Waals surface area contributed by atoms with Crippen molar-refractivity contribution in [2.24, 2.45) is 0 Å². The Labute approximate surface area is 168 Å². The maximum Gasteiger partial charge on any atom is 0.335 e. The third-order valence-electron chi connectivity index (χ3n) is 4.75. The number of anilines is 4. The zero-order valence-corrected chi connectivity index (χ0v) is 17.0. The number of nitrogens with zero attached hydrogens (tertiary/aromatic N) is 5. The second-order valence-electron chi connectivity index (χ2n) is 6.76. The Hall–Kier alpha value is -3.40. The molecule has 0 saturated carbocycles. The lowest BCUT2D eigenvalue weighted by Gasteiger charge is -2.43. The first kappa shape index (κ1) is 20.3. The van der Waals surface area contributed by atoms with Crippen LogP contribution in [0.25, 0.3) is 0 Å². The summed E-state index contributed by atoms with van der Waals surface area (Å²) in [6.07, 6.45) is 2.21. The summed E-state index contributed by atoms with van der Waals surface area (Å²) in [5, 5.41) is 15.9. The van der Waals surface area contributed by atoms with Crippen LogP contribution < -0.4 is 20.0 Å². The number of amides is 1. The molecule has 1 aliphatic rings. The van der Waals surface area contributed by atoms with Crippen LogP contribution in [-0.4, -0.2) is 66.3 Å². The third-order valence-corrected chi connectivity index (χ3v) is 4.75. The summed E-state index contributed by atoms with van der Waals surface area (Å²) in [7, 11) is 6.88. The van der Waals surface area contributed by atoms with Crippen molar-refractivity contribution in [1.82, 2.24) is 15.0 Å². The lowest BCUT2D eigenvalue weighted by Crippen LogP contribution is -2.57. The molecule has 1 amide bonds. The van der Waals surface area contributed by atoms with Crippen molar-refractivity contribution in [3.63, 3.8) is 0 Å². The number of benzene rings is 1. The topological polar surface area (TPSA) is 111 Å². The number of aromatic nitrogens is 2. The number of likely N-dealkylation sites (N-methyl/N-ethyl adjacent to an activating group) is 1. The van der Waals surface area contributed by atoms with Gasteiger partial charge in [0.1, 0.15) is 17.5 Å². The Bertz CT molecular complexity index is 948. The van der Waals surface area contributed by atoms with Gasteiger partial charge in [-0.3, -0.25) is 9.80 Å². The number of hydrogen-bond donors (Lipinski definition) is 2. The average molecular weight is 400 g/mol. The molecule has 0 saturated heterocycles. The predicted molar refractivity (Wildman–Crippen MR) is 109 cm³/mol. The highest BCUT2D eigenvalue weighted by Gasteiger charge is 2.38. The molecule has 29 heavy (non-hydrogen) atoms. The molecule has 10 heteroatoms. The van der Waals surface area contributed by atoms with E-state index < -0.39 is 5.97 Å². The minimum absolute atomic E-state index is 0.0241. The van der Waals surface area contributed by atoms with Crippen LogP contribution >= 0.6 is 0 Å². The van der Waals surface area contributed by atoms with Gasteiger partial charge in [0.15, 0.2) is 5.82 Å². The highest BCUT2D eigenvalue weighted by molar-refractivity contribution is 6.04. The van der Waals surface area contributed by atoms with Gasteiger partial charge in [0.05, 0.1) is 24.6 Å². The molecular formula is C19H24N6O4. The summed E-state index contributed by atoms with van der Waals surface area (Å²) in [6, 6.07) is 4.13. The molecule has 1 aliphatic heterocycles. The van der Waals surface area contributed by atoms with Crippen LogP contribution in [0.3, 0.4) is 0 Å². The summed E-state index contributed by atoms with van der Waals surface area (Å²) in [5.74, 6) is 0.190. The van der Waals surface area contributed by atoms with Gasteiger partial charge >= 0.3 is 5.97 Å². The van der Waals surface area contributed by atoms with Gasteiger partial charge in [-0.2, -0.15) is 4.98 Å². The van der Waals surface area contributed by atoms with Crippen molar-refractivity contribution < 1.29 is 19.4 Å². The van der Waals surface area contributed by atoms with Crippen LogP contribution in [0.2, 0.25) is 0 Å². The minimum Gasteiger partial charge on any atom is -0.495 e. The molecule has 1 aromatic carbocycles. The van der Waals surface area contributed by atoms with Crippen LogP contribution in [0.15, 0.2) is 24.4 Å². The fourth-order valence-corrected chi connectivity index (χ4v) is 3.29. The number of carboxylic acid groups (broad SMARTS) is 1. The smallest absolute Gasteiger partial charge is 0.335 e. The molecule has 0 fully saturated rings. The van der Waals surface area contributed by atoms with Gasteiger partial charge in [-0.05, 0) is 24.6 Å². The number of aromatic carboxylic acids is 1. The largest absolute Gasteiger partial charge is 0.495 e. The molecular weight excluding hydrogens is 376 g/mol. The average Bonchev–Trinajstić information content (AvgIpc) is 2.70. The predicted octanol–water partition coefficient (Wildman–Crippen LogP) is 1.96. The lowest BCUT2D eigenvalue weighted by molar-refractivity contribution is -0.120. The number of hydrogen-bond acceptors (Lipinski definition) is 8. The van der Waals surface area contributed by atoms with E-state index in [0.717, 1.165) is 0 Å². The van der Waals surface area contributed by atoms with Gasteiger partial charge in [0.25, 0.3) is 5.91 Å². The number of ether oxygens (including phenoxy) is 1. The Morgan fingerprint density at radius 3 is 2.69 bits per heavy atom. The van der Waals surface area contributed by atoms with Crippen molar-refractivity contribution in [1.29, 1.82) is 0 Å². The van der Waals surface area contributed by atoms with Crippen molar-refractivity contribution >= 4 is 35.0 Å². The Morgan fingerprint density at radius 1 is 1.38 bits per heavy atom. The molecule has 2 heterocycles. The normalized spacial score (nSPS) is 16.1. The molecule has 2 aromatic rings. The number of nitrogens with one attached hydrogen (secondary N) is 1. The van der Waals surface area contributed by atoms with Gasteiger partial charge in [-0.25, -0.2) is 14.8 Å². The van der Waals surface area contributed by atoms with Crippen LogP contribution in [0.4, 0.5) is 23.1 Å². The molecule has 1 atom stereocenters. The summed E-state index contributed by atoms with van der Waals surface area (Å²) < 4.78 is 5.29. The fourth-order valence-electron chi connectivity index (χ4n) is 3.29. The second kappa shape index (κ2) is 7.92. The third kappa shape index (κ3) is 3.66. The van der Waals surface area contributed by atoms with Crippen LogP contribution in [0.5, 0.6) is 5.75 Å². The zero-order chi connectivity index (χ0) is 21.3. The number of hydrazine groups is 1. The van der Waals surface area contributed by atoms with E-state index in [4.69, 9.17) is 9.84 Å². The molecule has 0 radical (unpaired) electrons. The van der Waals surface area contributed by atoms with E-state index in [0.29, 0.717) is 35.3 Å². The molecule has 2 N–H and O–H groups in total. The highest BCUT2D eigenvalue weighted by atomic mass is 16.5. The van der Waals surface area contributed by atoms with Crippen molar-refractivity contribution in [2.45, 2.75) is 19.4 Å². The van der Waals surface area contributed by atoms with Crippen LogP contribution in [0, 0.1) is 0 Å². The summed E-state index contributed by atoms with van der Waals surface area (Å²) in [4.78, 5) is 34.4. The SMILES string of the molecule is CCC1C(=O)N(C)c2cnc(Nc3ccc(C(=O)O)cc3OC)nc2N1N(C)C. The zero-order valence-electron chi connectivity index (χ0n) is 17.0. The van der Waals surface area contributed by atoms with E-state index in [9.17, 15) is 9.59 Å². The molecule has 10 nitrogen and oxygen atoms in total. The van der Waals surface area contributed by atoms with E-state index in [2.05, 4.69) is 15.3 Å². The molecule has 1 aromatic heterocycles. The maximum atomic E-state index is 12.7. The number of fused-ring (bicyclic) bond motifs is 1. The summed E-state index contributed by atoms with van der Waals surface area (Å²) in [6.45, 7) is 1.95. The molecule has 3 rings (SSSR count). The summed E-state index contributed by atoms with van der Waals surface area (Å²) in [5.41, 5.74) is 1.25. The Balaban J connectivity index is 2.01. The number of methoxy groups -OCH3 is 1. The standard InChI is InChI=1S/C19H24N6O4/c1-6-13-17(26)24(4)14-10-20-19(22-16(14)25(13)23(2)3)21-12-8-7-11(18(27)28)9-15(12)29-5/h7-10,13H,6H2,1-5H3,(H,27,28)(H,20,21,22). The van der Waals surface area contributed by atoms with E-state index in [1.807, 2.05) is 31.0 Å². The second-order valence-corrected chi connectivity index (χ2v) is 6.76. The van der Waals surface area contributed by atoms with Crippen molar-refractivity contribution in [3.05, 3.63) is 30.0 Å². The lowest BCUT2D eigenvalue weighted by atomic mass is 10.1. The first-order valence-electron chi connectivity index (χ1n) is 9.07. The summed E-state index contributed by atoms with van der Waals surface area (Å²) >= 11 is 0. The Kier molecular flexibility index (Phi) is 5.55. The number of carboxylic acids is 1. The van der Waals surface area contributed by atoms with Gasteiger partial charge in [0, 0.05) is 21.1 Å². The van der Waals surface area contributed by atoms with Crippen LogP contribution in [-0.2, 0) is 4.79 Å². The molecule has 0 bridgehead atoms.